The van der Waals surface area contributed by atoms with Gasteiger partial charge in [0.15, 0.2) is 0 Å². The van der Waals surface area contributed by atoms with Gasteiger partial charge in [0, 0.05) is 5.41 Å². The zero-order chi connectivity index (χ0) is 10.7. The zero-order valence-electron chi connectivity index (χ0n) is 7.83. The van der Waals surface area contributed by atoms with E-state index in [2.05, 4.69) is 6.58 Å². The largest absolute Gasteiger partial charge is 0.443 e. The molecule has 0 spiro atoms. The third-order valence-electron chi connectivity index (χ3n) is 0.844. The molecule has 0 rings (SSSR count). The van der Waals surface area contributed by atoms with Crippen LogP contribution in [-0.4, -0.2) is 20.1 Å². The molecule has 0 fully saturated rings. The predicted molar refractivity (Wildman–Crippen MR) is 48.5 cm³/mol. The molecule has 0 radical (unpaired) electrons. The fraction of sp³-hybridized carbons (Fsp3) is 0.571. The smallest absolute Gasteiger partial charge is 0.421 e. The maximum absolute atomic E-state index is 10.9. The van der Waals surface area contributed by atoms with Crippen LogP contribution >= 0.6 is 0 Å². The Morgan fingerprint density at radius 2 is 1.92 bits per heavy atom. The third-order valence-corrected chi connectivity index (χ3v) is 1.73. The highest BCUT2D eigenvalue weighted by Gasteiger charge is 2.19. The fourth-order valence-corrected chi connectivity index (χ4v) is 0.814. The van der Waals surface area contributed by atoms with Crippen molar-refractivity contribution in [2.45, 2.75) is 26.4 Å². The minimum atomic E-state index is -3.75. The van der Waals surface area contributed by atoms with Gasteiger partial charge < -0.3 is 4.74 Å². The topological polar surface area (TPSA) is 72.5 Å². The molecule has 0 aliphatic heterocycles. The van der Waals surface area contributed by atoms with E-state index in [1.54, 1.807) is 25.5 Å². The fourth-order valence-electron chi connectivity index (χ4n) is 0.457. The first-order valence-corrected chi connectivity index (χ1v) is 5.09. The van der Waals surface area contributed by atoms with Crippen LogP contribution in [0, 0.1) is 0 Å². The third kappa shape index (κ3) is 6.15. The Hall–Kier alpha value is -1.04. The van der Waals surface area contributed by atoms with Gasteiger partial charge >= 0.3 is 6.09 Å². The lowest BCUT2D eigenvalue weighted by Gasteiger charge is -2.18. The van der Waals surface area contributed by atoms with Crippen LogP contribution in [0.3, 0.4) is 0 Å². The summed E-state index contributed by atoms with van der Waals surface area (Å²) in [5, 5.41) is 0.636. The standard InChI is InChI=1S/C7H13NO4S/c1-5-13(10,11)8-6(9)12-7(2,3)4/h5H,1H2,2-4H3,(H,8,9). The molecular weight excluding hydrogens is 194 g/mol. The molecule has 0 aromatic carbocycles. The van der Waals surface area contributed by atoms with Gasteiger partial charge in [-0.1, -0.05) is 6.58 Å². The Balaban J connectivity index is 4.27. The lowest BCUT2D eigenvalue weighted by Crippen LogP contribution is -2.35. The summed E-state index contributed by atoms with van der Waals surface area (Å²) in [6, 6.07) is 0. The first-order valence-electron chi connectivity index (χ1n) is 3.54. The van der Waals surface area contributed by atoms with Crippen molar-refractivity contribution in [2.75, 3.05) is 0 Å². The van der Waals surface area contributed by atoms with E-state index in [1.165, 1.54) is 0 Å². The van der Waals surface area contributed by atoms with Gasteiger partial charge in [0.1, 0.15) is 5.60 Å². The average molecular weight is 207 g/mol. The number of sulfonamides is 1. The van der Waals surface area contributed by atoms with E-state index in [4.69, 9.17) is 4.74 Å². The van der Waals surface area contributed by atoms with Gasteiger partial charge in [-0.25, -0.2) is 17.9 Å². The van der Waals surface area contributed by atoms with Gasteiger partial charge in [-0.05, 0) is 20.8 Å². The normalized spacial score (nSPS) is 11.9. The van der Waals surface area contributed by atoms with Crippen molar-refractivity contribution >= 4 is 16.1 Å². The number of hydrogen-bond donors (Lipinski definition) is 1. The molecule has 0 aliphatic carbocycles. The molecule has 1 amide bonds. The summed E-state index contributed by atoms with van der Waals surface area (Å²) < 4.78 is 27.9. The molecule has 1 N–H and O–H groups in total. The Kier molecular flexibility index (Phi) is 3.48. The summed E-state index contributed by atoms with van der Waals surface area (Å²) in [6.45, 7) is 7.92. The minimum absolute atomic E-state index is 0.636. The van der Waals surface area contributed by atoms with Crippen LogP contribution in [0.1, 0.15) is 20.8 Å². The number of hydrogen-bond acceptors (Lipinski definition) is 4. The van der Waals surface area contributed by atoms with Crippen LogP contribution in [0.5, 0.6) is 0 Å². The number of amides is 1. The number of carbonyl (C=O) groups excluding carboxylic acids is 1. The van der Waals surface area contributed by atoms with Gasteiger partial charge in [0.25, 0.3) is 10.0 Å². The molecule has 0 bridgehead atoms. The summed E-state index contributed by atoms with van der Waals surface area (Å²) in [7, 11) is -3.75. The van der Waals surface area contributed by atoms with Crippen molar-refractivity contribution in [3.63, 3.8) is 0 Å². The predicted octanol–water partition coefficient (Wildman–Crippen LogP) is 0.984. The van der Waals surface area contributed by atoms with Crippen LogP contribution in [-0.2, 0) is 14.8 Å². The number of nitrogens with one attached hydrogen (secondary N) is 1. The minimum Gasteiger partial charge on any atom is -0.443 e. The Morgan fingerprint density at radius 3 is 2.23 bits per heavy atom. The highest BCUT2D eigenvalue weighted by atomic mass is 32.2. The van der Waals surface area contributed by atoms with E-state index in [-0.39, 0.29) is 0 Å². The molecule has 0 saturated carbocycles. The van der Waals surface area contributed by atoms with Crippen molar-refractivity contribution in [3.8, 4) is 0 Å². The Labute approximate surface area is 77.8 Å². The molecule has 76 valence electrons. The molecule has 5 nitrogen and oxygen atoms in total. The Morgan fingerprint density at radius 1 is 1.46 bits per heavy atom. The number of rotatable bonds is 2. The van der Waals surface area contributed by atoms with Gasteiger partial charge in [-0.15, -0.1) is 0 Å². The van der Waals surface area contributed by atoms with Crippen molar-refractivity contribution < 1.29 is 17.9 Å². The molecule has 0 heterocycles. The first kappa shape index (κ1) is 12.0. The maximum atomic E-state index is 10.9. The van der Waals surface area contributed by atoms with Gasteiger partial charge in [0.2, 0.25) is 0 Å². The summed E-state index contributed by atoms with van der Waals surface area (Å²) in [5.74, 6) is 0. The van der Waals surface area contributed by atoms with Crippen molar-refractivity contribution in [2.24, 2.45) is 0 Å². The lowest BCUT2D eigenvalue weighted by atomic mass is 10.2. The van der Waals surface area contributed by atoms with Crippen LogP contribution in [0.4, 0.5) is 4.79 Å². The van der Waals surface area contributed by atoms with E-state index < -0.39 is 21.7 Å². The van der Waals surface area contributed by atoms with Crippen molar-refractivity contribution in [1.82, 2.24) is 4.72 Å². The second kappa shape index (κ2) is 3.78. The van der Waals surface area contributed by atoms with E-state index >= 15 is 0 Å². The van der Waals surface area contributed by atoms with Crippen molar-refractivity contribution in [1.29, 1.82) is 0 Å². The Bertz CT molecular complexity index is 299. The van der Waals surface area contributed by atoms with Gasteiger partial charge in [0.05, 0.1) is 0 Å². The molecule has 0 unspecified atom stereocenters. The SMILES string of the molecule is C=CS(=O)(=O)NC(=O)OC(C)(C)C. The summed E-state index contributed by atoms with van der Waals surface area (Å²) >= 11 is 0. The van der Waals surface area contributed by atoms with E-state index in [0.29, 0.717) is 5.41 Å². The van der Waals surface area contributed by atoms with Crippen LogP contribution in [0.25, 0.3) is 0 Å². The average Bonchev–Trinajstić information content (AvgIpc) is 1.81. The number of ether oxygens (including phenoxy) is 1. The first-order chi connectivity index (χ1) is 5.66. The van der Waals surface area contributed by atoms with Crippen molar-refractivity contribution in [3.05, 3.63) is 12.0 Å². The summed E-state index contributed by atoms with van der Waals surface area (Å²) in [6.07, 6.45) is -1.01. The van der Waals surface area contributed by atoms with E-state index in [9.17, 15) is 13.2 Å². The molecule has 13 heavy (non-hydrogen) atoms. The molecule has 6 heteroatoms. The van der Waals surface area contributed by atoms with Crippen LogP contribution in [0.15, 0.2) is 12.0 Å². The molecule has 0 atom stereocenters. The maximum Gasteiger partial charge on any atom is 0.421 e. The molecule has 0 aromatic heterocycles. The molecule has 0 aromatic rings. The van der Waals surface area contributed by atoms with Crippen LogP contribution < -0.4 is 4.72 Å². The second-order valence-electron chi connectivity index (χ2n) is 3.32. The molecular formula is C7H13NO4S. The van der Waals surface area contributed by atoms with E-state index in [0.717, 1.165) is 0 Å². The molecule has 0 aliphatic rings. The highest BCUT2D eigenvalue weighted by Crippen LogP contribution is 2.06. The summed E-state index contributed by atoms with van der Waals surface area (Å²) in [4.78, 5) is 10.9. The highest BCUT2D eigenvalue weighted by molar-refractivity contribution is 7.92. The van der Waals surface area contributed by atoms with Gasteiger partial charge in [-0.3, -0.25) is 0 Å². The second-order valence-corrected chi connectivity index (χ2v) is 4.94. The zero-order valence-corrected chi connectivity index (χ0v) is 8.64. The number of carbonyl (C=O) groups is 1. The summed E-state index contributed by atoms with van der Waals surface area (Å²) in [5.41, 5.74) is -0.721. The molecule has 0 saturated heterocycles. The quantitative estimate of drug-likeness (QED) is 0.732. The van der Waals surface area contributed by atoms with Crippen LogP contribution in [0.2, 0.25) is 0 Å². The van der Waals surface area contributed by atoms with Gasteiger partial charge in [-0.2, -0.15) is 0 Å². The lowest BCUT2D eigenvalue weighted by molar-refractivity contribution is 0.0571. The van der Waals surface area contributed by atoms with E-state index in [1.807, 2.05) is 0 Å². The monoisotopic (exact) mass is 207 g/mol.